The molecule has 4 aromatic rings. The monoisotopic (exact) mass is 485 g/mol. The molecule has 188 valence electrons. The summed E-state index contributed by atoms with van der Waals surface area (Å²) in [5.41, 5.74) is 11.7. The van der Waals surface area contributed by atoms with Crippen LogP contribution in [0.5, 0.6) is 0 Å². The normalized spacial score (nSPS) is 11.5. The van der Waals surface area contributed by atoms with Gasteiger partial charge in [-0.25, -0.2) is 9.97 Å². The number of amides is 1. The van der Waals surface area contributed by atoms with Gasteiger partial charge >= 0.3 is 0 Å². The fraction of sp³-hybridized carbons (Fsp3) is 0.357. The van der Waals surface area contributed by atoms with E-state index in [1.807, 2.05) is 61.5 Å². The van der Waals surface area contributed by atoms with E-state index in [9.17, 15) is 4.79 Å². The average molecular weight is 486 g/mol. The lowest BCUT2D eigenvalue weighted by Crippen LogP contribution is -2.22. The van der Waals surface area contributed by atoms with E-state index in [1.54, 1.807) is 12.3 Å². The summed E-state index contributed by atoms with van der Waals surface area (Å²) in [4.78, 5) is 28.2. The maximum Gasteiger partial charge on any atom is 0.243 e. The number of hydrogen-bond acceptors (Lipinski definition) is 6. The number of anilines is 2. The number of aryl methyl sites for hydroxylation is 2. The number of carbonyl (C=O) groups excluding carboxylic acids is 1. The van der Waals surface area contributed by atoms with Gasteiger partial charge in [0.15, 0.2) is 5.82 Å². The molecule has 0 aliphatic carbocycles. The van der Waals surface area contributed by atoms with Crippen LogP contribution in [0.15, 0.2) is 48.7 Å². The number of nitrogens with one attached hydrogen (secondary N) is 1. The highest BCUT2D eigenvalue weighted by Crippen LogP contribution is 2.28. The van der Waals surface area contributed by atoms with E-state index in [1.165, 1.54) is 0 Å². The quantitative estimate of drug-likeness (QED) is 0.238. The first-order valence-corrected chi connectivity index (χ1v) is 12.6. The second-order valence-electron chi connectivity index (χ2n) is 9.17. The van der Waals surface area contributed by atoms with Crippen LogP contribution in [-0.4, -0.2) is 46.1 Å². The standard InChI is InChI=1S/C28H35N7O/c1-4-5-10-23-33-26-27(25-22(32-28(26)29)9-8-18-31-25)35(23)19-7-6-17-30-24(36)16-13-20-11-14-21(15-12-20)34(2)3/h8-9,11-16,18H,4-7,10,17,19H2,1-3H3,(H2,29,32)(H,30,36)/b16-13+. The molecule has 0 spiro atoms. The number of imidazole rings is 1. The number of rotatable bonds is 11. The van der Waals surface area contributed by atoms with Crippen molar-refractivity contribution in [2.24, 2.45) is 0 Å². The highest BCUT2D eigenvalue weighted by atomic mass is 16.1. The topological polar surface area (TPSA) is 102 Å². The molecule has 0 radical (unpaired) electrons. The molecule has 0 fully saturated rings. The number of nitrogens with zero attached hydrogens (tertiary/aromatic N) is 5. The van der Waals surface area contributed by atoms with Crippen LogP contribution in [0.1, 0.15) is 44.0 Å². The molecule has 3 N–H and O–H groups in total. The smallest absolute Gasteiger partial charge is 0.243 e. The van der Waals surface area contributed by atoms with Crippen LogP contribution in [0.3, 0.4) is 0 Å². The number of fused-ring (bicyclic) bond motifs is 3. The van der Waals surface area contributed by atoms with Crippen molar-refractivity contribution < 1.29 is 4.79 Å². The number of benzene rings is 1. The van der Waals surface area contributed by atoms with Gasteiger partial charge in [0.1, 0.15) is 22.4 Å². The number of carbonyl (C=O) groups is 1. The third kappa shape index (κ3) is 5.82. The third-order valence-corrected chi connectivity index (χ3v) is 6.24. The molecule has 8 nitrogen and oxygen atoms in total. The molecule has 0 bridgehead atoms. The van der Waals surface area contributed by atoms with E-state index in [-0.39, 0.29) is 5.91 Å². The number of nitrogen functional groups attached to an aromatic ring is 1. The van der Waals surface area contributed by atoms with Crippen molar-refractivity contribution in [2.75, 3.05) is 31.3 Å². The Hall–Kier alpha value is -3.94. The van der Waals surface area contributed by atoms with Gasteiger partial charge in [-0.2, -0.15) is 0 Å². The maximum absolute atomic E-state index is 12.3. The zero-order valence-electron chi connectivity index (χ0n) is 21.4. The van der Waals surface area contributed by atoms with E-state index in [0.717, 1.165) is 77.8 Å². The van der Waals surface area contributed by atoms with Gasteiger partial charge in [0.05, 0.1) is 5.52 Å². The molecule has 3 aromatic heterocycles. The Labute approximate surface area is 212 Å². The number of hydrogen-bond donors (Lipinski definition) is 2. The summed E-state index contributed by atoms with van der Waals surface area (Å²) in [6.07, 6.45) is 10.00. The second-order valence-corrected chi connectivity index (χ2v) is 9.17. The van der Waals surface area contributed by atoms with Crippen molar-refractivity contribution in [3.05, 3.63) is 60.1 Å². The Bertz CT molecular complexity index is 1360. The van der Waals surface area contributed by atoms with E-state index in [2.05, 4.69) is 26.8 Å². The third-order valence-electron chi connectivity index (χ3n) is 6.24. The average Bonchev–Trinajstić information content (AvgIpc) is 3.25. The van der Waals surface area contributed by atoms with Crippen molar-refractivity contribution in [3.63, 3.8) is 0 Å². The minimum atomic E-state index is -0.0857. The number of nitrogens with two attached hydrogens (primary N) is 1. The minimum absolute atomic E-state index is 0.0857. The highest BCUT2D eigenvalue weighted by Gasteiger charge is 2.17. The first kappa shape index (κ1) is 25.2. The molecule has 8 heteroatoms. The molecule has 1 aromatic carbocycles. The molecule has 0 atom stereocenters. The van der Waals surface area contributed by atoms with Crippen molar-refractivity contribution in [1.82, 2.24) is 24.8 Å². The molecule has 36 heavy (non-hydrogen) atoms. The van der Waals surface area contributed by atoms with Gasteiger partial charge in [0.25, 0.3) is 0 Å². The van der Waals surface area contributed by atoms with Crippen molar-refractivity contribution >= 4 is 45.6 Å². The van der Waals surface area contributed by atoms with Crippen LogP contribution in [-0.2, 0) is 17.8 Å². The van der Waals surface area contributed by atoms with Gasteiger partial charge in [0.2, 0.25) is 5.91 Å². The van der Waals surface area contributed by atoms with E-state index in [4.69, 9.17) is 10.7 Å². The number of aromatic nitrogens is 4. The van der Waals surface area contributed by atoms with Crippen molar-refractivity contribution in [2.45, 2.75) is 45.6 Å². The molecule has 0 aliphatic heterocycles. The minimum Gasteiger partial charge on any atom is -0.382 e. The summed E-state index contributed by atoms with van der Waals surface area (Å²) in [7, 11) is 4.01. The van der Waals surface area contributed by atoms with E-state index >= 15 is 0 Å². The van der Waals surface area contributed by atoms with Crippen molar-refractivity contribution in [1.29, 1.82) is 0 Å². The van der Waals surface area contributed by atoms with Crippen LogP contribution in [0.25, 0.3) is 28.1 Å². The molecule has 1 amide bonds. The summed E-state index contributed by atoms with van der Waals surface area (Å²) in [6.45, 7) is 3.58. The fourth-order valence-electron chi connectivity index (χ4n) is 4.26. The van der Waals surface area contributed by atoms with E-state index < -0.39 is 0 Å². The summed E-state index contributed by atoms with van der Waals surface area (Å²) < 4.78 is 2.25. The highest BCUT2D eigenvalue weighted by molar-refractivity contribution is 6.04. The Morgan fingerprint density at radius 1 is 1.08 bits per heavy atom. The van der Waals surface area contributed by atoms with Crippen LogP contribution in [0.4, 0.5) is 11.5 Å². The molecular weight excluding hydrogens is 450 g/mol. The molecule has 4 rings (SSSR count). The van der Waals surface area contributed by atoms with Crippen LogP contribution in [0, 0.1) is 0 Å². The molecule has 0 saturated carbocycles. The predicted octanol–water partition coefficient (Wildman–Crippen LogP) is 4.58. The number of unbranched alkanes of at least 4 members (excludes halogenated alkanes) is 2. The summed E-state index contributed by atoms with van der Waals surface area (Å²) in [5, 5.41) is 2.99. The Balaban J connectivity index is 1.38. The molecule has 0 unspecified atom stereocenters. The van der Waals surface area contributed by atoms with Crippen LogP contribution in [0.2, 0.25) is 0 Å². The predicted molar refractivity (Wildman–Crippen MR) is 148 cm³/mol. The zero-order chi connectivity index (χ0) is 25.5. The molecular formula is C28H35N7O. The Morgan fingerprint density at radius 2 is 1.89 bits per heavy atom. The van der Waals surface area contributed by atoms with Gasteiger partial charge in [-0.1, -0.05) is 25.5 Å². The van der Waals surface area contributed by atoms with E-state index in [0.29, 0.717) is 12.4 Å². The zero-order valence-corrected chi connectivity index (χ0v) is 21.4. The molecule has 0 aliphatic rings. The summed E-state index contributed by atoms with van der Waals surface area (Å²) in [6, 6.07) is 11.9. The SMILES string of the molecule is CCCCc1nc2c(N)nc3cccnc3c2n1CCCCNC(=O)/C=C/c1ccc(N(C)C)cc1. The lowest BCUT2D eigenvalue weighted by Gasteiger charge is -2.11. The van der Waals surface area contributed by atoms with Gasteiger partial charge in [-0.3, -0.25) is 9.78 Å². The van der Waals surface area contributed by atoms with Gasteiger partial charge in [-0.05, 0) is 55.2 Å². The fourth-order valence-corrected chi connectivity index (χ4v) is 4.26. The van der Waals surface area contributed by atoms with Crippen LogP contribution >= 0.6 is 0 Å². The summed E-state index contributed by atoms with van der Waals surface area (Å²) in [5.74, 6) is 1.38. The molecule has 0 saturated heterocycles. The van der Waals surface area contributed by atoms with Crippen molar-refractivity contribution in [3.8, 4) is 0 Å². The Kier molecular flexibility index (Phi) is 8.15. The first-order chi connectivity index (χ1) is 17.5. The number of pyridine rings is 2. The second kappa shape index (κ2) is 11.7. The largest absolute Gasteiger partial charge is 0.382 e. The van der Waals surface area contributed by atoms with Gasteiger partial charge in [0, 0.05) is 51.6 Å². The summed E-state index contributed by atoms with van der Waals surface area (Å²) >= 11 is 0. The first-order valence-electron chi connectivity index (χ1n) is 12.6. The molecule has 3 heterocycles. The lowest BCUT2D eigenvalue weighted by atomic mass is 10.2. The lowest BCUT2D eigenvalue weighted by molar-refractivity contribution is -0.116. The maximum atomic E-state index is 12.3. The van der Waals surface area contributed by atoms with Gasteiger partial charge < -0.3 is 20.5 Å². The van der Waals surface area contributed by atoms with Gasteiger partial charge in [-0.15, -0.1) is 0 Å². The van der Waals surface area contributed by atoms with Crippen LogP contribution < -0.4 is 16.0 Å². The Morgan fingerprint density at radius 3 is 2.64 bits per heavy atom.